The highest BCUT2D eigenvalue weighted by atomic mass is 127. The maximum Gasteiger partial charge on any atom is 0.243 e. The van der Waals surface area contributed by atoms with Gasteiger partial charge >= 0.3 is 0 Å². The lowest BCUT2D eigenvalue weighted by Crippen LogP contribution is -2.48. The molecule has 3 heterocycles. The molecule has 34 heavy (non-hydrogen) atoms. The normalized spacial score (nSPS) is 18.9. The SMILES string of the molecule is Cc1ncoc1-c1ccc(CNC(=O)C2CC(O)CN2C(=O)C(c2cc(I)no2)C(C)C)cc1. The fraction of sp³-hybridized carbons (Fsp3) is 0.417. The van der Waals surface area contributed by atoms with E-state index in [2.05, 4.69) is 15.5 Å². The van der Waals surface area contributed by atoms with Gasteiger partial charge < -0.3 is 24.3 Å². The molecule has 1 aliphatic rings. The number of amides is 2. The Kier molecular flexibility index (Phi) is 7.36. The molecule has 2 N–H and O–H groups in total. The summed E-state index contributed by atoms with van der Waals surface area (Å²) in [6, 6.07) is 8.62. The second kappa shape index (κ2) is 10.3. The molecule has 2 amide bonds. The lowest BCUT2D eigenvalue weighted by atomic mass is 9.91. The van der Waals surface area contributed by atoms with Crippen molar-refractivity contribution in [3.8, 4) is 11.3 Å². The number of hydrogen-bond donors (Lipinski definition) is 2. The zero-order valence-corrected chi connectivity index (χ0v) is 21.4. The van der Waals surface area contributed by atoms with Gasteiger partial charge in [0.25, 0.3) is 0 Å². The molecule has 0 radical (unpaired) electrons. The Morgan fingerprint density at radius 1 is 1.29 bits per heavy atom. The van der Waals surface area contributed by atoms with E-state index in [0.717, 1.165) is 16.8 Å². The van der Waals surface area contributed by atoms with Crippen molar-refractivity contribution in [2.45, 2.75) is 51.8 Å². The molecular formula is C24H27IN4O5. The molecule has 0 spiro atoms. The molecule has 4 rings (SSSR count). The van der Waals surface area contributed by atoms with Gasteiger partial charge in [-0.05, 0) is 41.0 Å². The number of oxazole rings is 1. The zero-order chi connectivity index (χ0) is 24.4. The van der Waals surface area contributed by atoms with E-state index in [-0.39, 0.29) is 30.7 Å². The van der Waals surface area contributed by atoms with Gasteiger partial charge in [-0.15, -0.1) is 0 Å². The van der Waals surface area contributed by atoms with Crippen LogP contribution in [0.3, 0.4) is 0 Å². The number of aromatic nitrogens is 2. The predicted octanol–water partition coefficient (Wildman–Crippen LogP) is 3.26. The van der Waals surface area contributed by atoms with E-state index in [1.54, 1.807) is 6.07 Å². The number of aliphatic hydroxyl groups is 1. The molecule has 1 fully saturated rings. The number of aliphatic hydroxyl groups excluding tert-OH is 1. The van der Waals surface area contributed by atoms with E-state index >= 15 is 0 Å². The minimum absolute atomic E-state index is 0.0655. The molecular weight excluding hydrogens is 551 g/mol. The number of halogens is 1. The molecule has 2 aromatic heterocycles. The summed E-state index contributed by atoms with van der Waals surface area (Å²) in [6.07, 6.45) is 0.848. The molecule has 3 atom stereocenters. The number of aryl methyl sites for hydroxylation is 1. The maximum atomic E-state index is 13.4. The standard InChI is InChI=1S/C24H27IN4O5/c1-13(2)21(19-9-20(25)28-34-19)24(32)29-11-17(30)8-18(29)23(31)26-10-15-4-6-16(7-5-15)22-14(3)27-12-33-22/h4-7,9,12-13,17-18,21,30H,8,10-11H2,1-3H3,(H,26,31). The lowest BCUT2D eigenvalue weighted by Gasteiger charge is -2.28. The van der Waals surface area contributed by atoms with Crippen molar-refractivity contribution >= 4 is 34.4 Å². The number of nitrogens with zero attached hydrogens (tertiary/aromatic N) is 3. The van der Waals surface area contributed by atoms with Crippen molar-refractivity contribution < 1.29 is 23.6 Å². The predicted molar refractivity (Wildman–Crippen MR) is 131 cm³/mol. The smallest absolute Gasteiger partial charge is 0.243 e. The Balaban J connectivity index is 1.43. The Morgan fingerprint density at radius 2 is 2.03 bits per heavy atom. The van der Waals surface area contributed by atoms with Crippen molar-refractivity contribution in [3.63, 3.8) is 0 Å². The van der Waals surface area contributed by atoms with Crippen LogP contribution < -0.4 is 5.32 Å². The van der Waals surface area contributed by atoms with Gasteiger partial charge in [0.05, 0.1) is 11.8 Å². The average molecular weight is 578 g/mol. The van der Waals surface area contributed by atoms with Gasteiger partial charge in [0.2, 0.25) is 11.8 Å². The second-order valence-corrected chi connectivity index (χ2v) is 9.96. The summed E-state index contributed by atoms with van der Waals surface area (Å²) in [4.78, 5) is 32.0. The minimum atomic E-state index is -0.758. The number of carbonyl (C=O) groups is 2. The van der Waals surface area contributed by atoms with Gasteiger partial charge in [0, 0.05) is 31.1 Å². The number of benzene rings is 1. The molecule has 180 valence electrons. The average Bonchev–Trinajstić information content (AvgIpc) is 3.52. The van der Waals surface area contributed by atoms with Crippen LogP contribution in [-0.4, -0.2) is 50.7 Å². The first-order valence-corrected chi connectivity index (χ1v) is 12.2. The van der Waals surface area contributed by atoms with E-state index in [1.807, 2.05) is 67.6 Å². The first kappa shape index (κ1) is 24.4. The topological polar surface area (TPSA) is 122 Å². The molecule has 9 nitrogen and oxygen atoms in total. The van der Waals surface area contributed by atoms with Gasteiger partial charge in [-0.2, -0.15) is 0 Å². The third kappa shape index (κ3) is 5.17. The van der Waals surface area contributed by atoms with Crippen LogP contribution in [-0.2, 0) is 16.1 Å². The number of β-amino-alcohol motifs (C(OH)–C–C–N with tert-alkyl or cyclic N) is 1. The summed E-state index contributed by atoms with van der Waals surface area (Å²) in [5, 5.41) is 17.1. The Labute approximate surface area is 211 Å². The van der Waals surface area contributed by atoms with Crippen molar-refractivity contribution in [1.82, 2.24) is 20.4 Å². The Bertz CT molecular complexity index is 1160. The molecule has 0 bridgehead atoms. The van der Waals surface area contributed by atoms with Gasteiger partial charge in [-0.25, -0.2) is 4.98 Å². The van der Waals surface area contributed by atoms with E-state index in [1.165, 1.54) is 11.3 Å². The number of carbonyl (C=O) groups excluding carboxylic acids is 2. The van der Waals surface area contributed by atoms with Crippen molar-refractivity contribution in [2.24, 2.45) is 5.92 Å². The molecule has 3 unspecified atom stereocenters. The van der Waals surface area contributed by atoms with Crippen LogP contribution in [0.4, 0.5) is 0 Å². The van der Waals surface area contributed by atoms with Gasteiger partial charge in [-0.1, -0.05) is 43.3 Å². The summed E-state index contributed by atoms with van der Waals surface area (Å²) in [5.41, 5.74) is 2.62. The highest BCUT2D eigenvalue weighted by molar-refractivity contribution is 14.1. The highest BCUT2D eigenvalue weighted by Gasteiger charge is 2.43. The first-order valence-electron chi connectivity index (χ1n) is 11.1. The highest BCUT2D eigenvalue weighted by Crippen LogP contribution is 2.31. The molecule has 1 saturated heterocycles. The largest absolute Gasteiger partial charge is 0.443 e. The first-order chi connectivity index (χ1) is 16.2. The summed E-state index contributed by atoms with van der Waals surface area (Å²) >= 11 is 2.03. The monoisotopic (exact) mass is 578 g/mol. The molecule has 3 aromatic rings. The van der Waals surface area contributed by atoms with Gasteiger partial charge in [-0.3, -0.25) is 9.59 Å². The second-order valence-electron chi connectivity index (χ2n) is 8.85. The number of nitrogens with one attached hydrogen (secondary N) is 1. The summed E-state index contributed by atoms with van der Waals surface area (Å²) < 4.78 is 11.4. The number of hydrogen-bond acceptors (Lipinski definition) is 7. The van der Waals surface area contributed by atoms with E-state index in [0.29, 0.717) is 21.8 Å². The summed E-state index contributed by atoms with van der Waals surface area (Å²) in [7, 11) is 0. The fourth-order valence-electron chi connectivity index (χ4n) is 4.29. The van der Waals surface area contributed by atoms with Gasteiger partial charge in [0.1, 0.15) is 15.7 Å². The van der Waals surface area contributed by atoms with Crippen molar-refractivity contribution in [1.29, 1.82) is 0 Å². The van der Waals surface area contributed by atoms with Crippen molar-refractivity contribution in [2.75, 3.05) is 6.54 Å². The molecule has 10 heteroatoms. The fourth-order valence-corrected chi connectivity index (χ4v) is 4.70. The molecule has 0 aliphatic carbocycles. The van der Waals surface area contributed by atoms with Crippen LogP contribution >= 0.6 is 22.6 Å². The molecule has 1 aromatic carbocycles. The van der Waals surface area contributed by atoms with Crippen LogP contribution in [0, 0.1) is 16.5 Å². The van der Waals surface area contributed by atoms with Crippen LogP contribution in [0.5, 0.6) is 0 Å². The Morgan fingerprint density at radius 3 is 2.62 bits per heavy atom. The third-order valence-corrected chi connectivity index (χ3v) is 6.54. The number of likely N-dealkylation sites (tertiary alicyclic amines) is 1. The Hall–Kier alpha value is -2.73. The minimum Gasteiger partial charge on any atom is -0.443 e. The molecule has 1 aliphatic heterocycles. The van der Waals surface area contributed by atoms with Crippen LogP contribution in [0.15, 0.2) is 45.7 Å². The van der Waals surface area contributed by atoms with Crippen LogP contribution in [0.1, 0.15) is 43.2 Å². The third-order valence-electron chi connectivity index (χ3n) is 6.03. The number of rotatable bonds is 7. The van der Waals surface area contributed by atoms with Crippen LogP contribution in [0.2, 0.25) is 0 Å². The zero-order valence-electron chi connectivity index (χ0n) is 19.2. The van der Waals surface area contributed by atoms with Crippen molar-refractivity contribution in [3.05, 3.63) is 57.4 Å². The summed E-state index contributed by atoms with van der Waals surface area (Å²) in [5.74, 6) is -0.00784. The lowest BCUT2D eigenvalue weighted by molar-refractivity contribution is -0.141. The van der Waals surface area contributed by atoms with E-state index in [4.69, 9.17) is 8.94 Å². The van der Waals surface area contributed by atoms with E-state index < -0.39 is 18.1 Å². The maximum absolute atomic E-state index is 13.4. The van der Waals surface area contributed by atoms with Crippen LogP contribution in [0.25, 0.3) is 11.3 Å². The van der Waals surface area contributed by atoms with E-state index in [9.17, 15) is 14.7 Å². The molecule has 0 saturated carbocycles. The summed E-state index contributed by atoms with van der Waals surface area (Å²) in [6.45, 7) is 6.13. The quantitative estimate of drug-likeness (QED) is 0.413. The van der Waals surface area contributed by atoms with Gasteiger partial charge in [0.15, 0.2) is 17.9 Å².